The maximum Gasteiger partial charge on any atom is 0.118 e. The van der Waals surface area contributed by atoms with Crippen LogP contribution in [-0.4, -0.2) is 39.9 Å². The van der Waals surface area contributed by atoms with Crippen LogP contribution in [0, 0.1) is 5.92 Å². The highest BCUT2D eigenvalue weighted by Gasteiger charge is 2.20. The number of rotatable bonds is 7. The van der Waals surface area contributed by atoms with Gasteiger partial charge in [0.2, 0.25) is 0 Å². The minimum atomic E-state index is 0.815. The van der Waals surface area contributed by atoms with Crippen molar-refractivity contribution in [1.82, 2.24) is 19.7 Å². The largest absolute Gasteiger partial charge is 0.497 e. The van der Waals surface area contributed by atoms with E-state index in [2.05, 4.69) is 50.0 Å². The minimum Gasteiger partial charge on any atom is -0.497 e. The van der Waals surface area contributed by atoms with Crippen LogP contribution in [0.4, 0.5) is 0 Å². The quantitative estimate of drug-likeness (QED) is 0.618. The first-order chi connectivity index (χ1) is 13.8. The number of likely N-dealkylation sites (tertiary alicyclic amines) is 1. The molecule has 5 heteroatoms. The molecule has 5 nitrogen and oxygen atoms in total. The van der Waals surface area contributed by atoms with Crippen LogP contribution in [0.15, 0.2) is 61.1 Å². The van der Waals surface area contributed by atoms with Crippen molar-refractivity contribution in [2.24, 2.45) is 5.92 Å². The molecule has 3 heterocycles. The second-order valence-electron chi connectivity index (χ2n) is 7.54. The van der Waals surface area contributed by atoms with E-state index in [1.165, 1.54) is 30.4 Å². The molecule has 0 atom stereocenters. The minimum absolute atomic E-state index is 0.815. The van der Waals surface area contributed by atoms with Gasteiger partial charge in [0.15, 0.2) is 0 Å². The molecule has 0 radical (unpaired) electrons. The Bertz CT molecular complexity index is 852. The molecule has 0 N–H and O–H groups in total. The van der Waals surface area contributed by atoms with Crippen molar-refractivity contribution in [3.05, 3.63) is 66.6 Å². The summed E-state index contributed by atoms with van der Waals surface area (Å²) in [6, 6.07) is 14.7. The summed E-state index contributed by atoms with van der Waals surface area (Å²) >= 11 is 0. The molecule has 0 bridgehead atoms. The Morgan fingerprint density at radius 3 is 2.43 bits per heavy atom. The lowest BCUT2D eigenvalue weighted by atomic mass is 9.90. The number of ether oxygens (including phenoxy) is 1. The molecule has 146 valence electrons. The third-order valence-electron chi connectivity index (χ3n) is 5.73. The van der Waals surface area contributed by atoms with Gasteiger partial charge in [-0.25, -0.2) is 0 Å². The van der Waals surface area contributed by atoms with E-state index < -0.39 is 0 Å². The molecular weight excluding hydrogens is 348 g/mol. The van der Waals surface area contributed by atoms with Crippen molar-refractivity contribution in [3.8, 4) is 17.0 Å². The van der Waals surface area contributed by atoms with Crippen LogP contribution in [0.3, 0.4) is 0 Å². The van der Waals surface area contributed by atoms with E-state index in [1.54, 1.807) is 7.11 Å². The number of piperidine rings is 1. The van der Waals surface area contributed by atoms with E-state index >= 15 is 0 Å². The van der Waals surface area contributed by atoms with E-state index in [9.17, 15) is 0 Å². The Morgan fingerprint density at radius 2 is 1.71 bits per heavy atom. The molecule has 1 aliphatic heterocycles. The van der Waals surface area contributed by atoms with Crippen LogP contribution in [0.5, 0.6) is 5.75 Å². The molecule has 0 amide bonds. The zero-order valence-corrected chi connectivity index (χ0v) is 16.5. The van der Waals surface area contributed by atoms with Gasteiger partial charge < -0.3 is 4.74 Å². The number of hydrogen-bond donors (Lipinski definition) is 0. The first-order valence-corrected chi connectivity index (χ1v) is 10.1. The predicted molar refractivity (Wildman–Crippen MR) is 111 cm³/mol. The van der Waals surface area contributed by atoms with Crippen LogP contribution in [0.2, 0.25) is 0 Å². The lowest BCUT2D eigenvalue weighted by Gasteiger charge is -2.32. The number of nitrogens with zero attached hydrogens (tertiary/aromatic N) is 4. The SMILES string of the molecule is COc1ccc(CCC2CCN(Cn3nccc3-c3ccncc3)CC2)cc1. The summed E-state index contributed by atoms with van der Waals surface area (Å²) in [5, 5.41) is 4.54. The molecular formula is C23H28N4O. The summed E-state index contributed by atoms with van der Waals surface area (Å²) in [4.78, 5) is 6.63. The highest BCUT2D eigenvalue weighted by Crippen LogP contribution is 2.24. The second-order valence-corrected chi connectivity index (χ2v) is 7.54. The van der Waals surface area contributed by atoms with Gasteiger partial charge in [-0.15, -0.1) is 0 Å². The maximum absolute atomic E-state index is 5.24. The summed E-state index contributed by atoms with van der Waals surface area (Å²) in [7, 11) is 1.71. The number of methoxy groups -OCH3 is 1. The van der Waals surface area contributed by atoms with E-state index in [0.717, 1.165) is 43.5 Å². The van der Waals surface area contributed by atoms with Crippen LogP contribution >= 0.6 is 0 Å². The molecule has 1 aliphatic rings. The summed E-state index contributed by atoms with van der Waals surface area (Å²) in [5.74, 6) is 1.75. The molecule has 2 aromatic heterocycles. The van der Waals surface area contributed by atoms with Crippen LogP contribution in [0.1, 0.15) is 24.8 Å². The standard InChI is InChI=1S/C23H28N4O/c1-28-22-6-4-19(5-7-22)2-3-20-11-16-26(17-12-20)18-27-23(10-15-25-27)21-8-13-24-14-9-21/h4-10,13-15,20H,2-3,11-12,16-18H2,1H3. The van der Waals surface area contributed by atoms with Gasteiger partial charge in [-0.3, -0.25) is 14.6 Å². The second kappa shape index (κ2) is 9.02. The van der Waals surface area contributed by atoms with E-state index in [-0.39, 0.29) is 0 Å². The zero-order chi connectivity index (χ0) is 19.2. The van der Waals surface area contributed by atoms with Crippen molar-refractivity contribution in [1.29, 1.82) is 0 Å². The molecule has 1 saturated heterocycles. The Hall–Kier alpha value is -2.66. The molecule has 0 spiro atoms. The van der Waals surface area contributed by atoms with E-state index in [0.29, 0.717) is 0 Å². The van der Waals surface area contributed by atoms with Crippen molar-refractivity contribution in [3.63, 3.8) is 0 Å². The topological polar surface area (TPSA) is 43.2 Å². The molecule has 28 heavy (non-hydrogen) atoms. The predicted octanol–water partition coefficient (Wildman–Crippen LogP) is 4.26. The smallest absolute Gasteiger partial charge is 0.118 e. The van der Waals surface area contributed by atoms with Crippen molar-refractivity contribution < 1.29 is 4.74 Å². The summed E-state index contributed by atoms with van der Waals surface area (Å²) < 4.78 is 7.34. The summed E-state index contributed by atoms with van der Waals surface area (Å²) in [5.41, 5.74) is 3.73. The van der Waals surface area contributed by atoms with Crippen LogP contribution in [-0.2, 0) is 13.1 Å². The molecule has 3 aromatic rings. The van der Waals surface area contributed by atoms with Gasteiger partial charge in [0.05, 0.1) is 19.5 Å². The fourth-order valence-electron chi connectivity index (χ4n) is 3.98. The Kier molecular flexibility index (Phi) is 6.02. The third kappa shape index (κ3) is 4.60. The average molecular weight is 377 g/mol. The van der Waals surface area contributed by atoms with E-state index in [4.69, 9.17) is 4.74 Å². The number of aromatic nitrogens is 3. The normalized spacial score (nSPS) is 15.6. The number of aryl methyl sites for hydroxylation is 1. The van der Waals surface area contributed by atoms with Gasteiger partial charge >= 0.3 is 0 Å². The fraction of sp³-hybridized carbons (Fsp3) is 0.391. The zero-order valence-electron chi connectivity index (χ0n) is 16.5. The first kappa shape index (κ1) is 18.7. The third-order valence-corrected chi connectivity index (χ3v) is 5.73. The molecule has 0 aliphatic carbocycles. The highest BCUT2D eigenvalue weighted by atomic mass is 16.5. The fourth-order valence-corrected chi connectivity index (χ4v) is 3.98. The number of benzene rings is 1. The Labute approximate surface area is 167 Å². The molecule has 1 fully saturated rings. The van der Waals surface area contributed by atoms with Crippen molar-refractivity contribution >= 4 is 0 Å². The Balaban J connectivity index is 1.26. The Morgan fingerprint density at radius 1 is 0.964 bits per heavy atom. The average Bonchev–Trinajstić information content (AvgIpc) is 3.22. The lowest BCUT2D eigenvalue weighted by molar-refractivity contribution is 0.138. The summed E-state index contributed by atoms with van der Waals surface area (Å²) in [6.07, 6.45) is 10.5. The monoisotopic (exact) mass is 376 g/mol. The molecule has 4 rings (SSSR count). The molecule has 0 saturated carbocycles. The summed E-state index contributed by atoms with van der Waals surface area (Å²) in [6.45, 7) is 3.14. The van der Waals surface area contributed by atoms with Crippen LogP contribution in [0.25, 0.3) is 11.3 Å². The van der Waals surface area contributed by atoms with Gasteiger partial charge in [0.25, 0.3) is 0 Å². The van der Waals surface area contributed by atoms with Gasteiger partial charge in [-0.2, -0.15) is 5.10 Å². The van der Waals surface area contributed by atoms with Gasteiger partial charge in [0, 0.05) is 37.2 Å². The first-order valence-electron chi connectivity index (χ1n) is 10.1. The molecule has 0 unspecified atom stereocenters. The van der Waals surface area contributed by atoms with Crippen LogP contribution < -0.4 is 4.74 Å². The van der Waals surface area contributed by atoms with E-state index in [1.807, 2.05) is 30.7 Å². The number of pyridine rings is 1. The van der Waals surface area contributed by atoms with Gasteiger partial charge in [-0.1, -0.05) is 12.1 Å². The van der Waals surface area contributed by atoms with Crippen molar-refractivity contribution in [2.75, 3.05) is 20.2 Å². The van der Waals surface area contributed by atoms with Gasteiger partial charge in [0.1, 0.15) is 5.75 Å². The van der Waals surface area contributed by atoms with Gasteiger partial charge in [-0.05, 0) is 67.5 Å². The highest BCUT2D eigenvalue weighted by molar-refractivity contribution is 5.58. The van der Waals surface area contributed by atoms with Crippen molar-refractivity contribution in [2.45, 2.75) is 32.4 Å². The molecule has 1 aromatic carbocycles. The lowest BCUT2D eigenvalue weighted by Crippen LogP contribution is -2.35. The number of hydrogen-bond acceptors (Lipinski definition) is 4. The maximum atomic E-state index is 5.24.